The van der Waals surface area contributed by atoms with Crippen LogP contribution in [0.2, 0.25) is 0 Å². The molecule has 0 unspecified atom stereocenters. The smallest absolute Gasteiger partial charge is 0.306 e. The summed E-state index contributed by atoms with van der Waals surface area (Å²) in [6.07, 6.45) is 1.55. The van der Waals surface area contributed by atoms with Crippen LogP contribution in [0.25, 0.3) is 0 Å². The molecule has 4 aromatic rings. The molecule has 0 saturated carbocycles. The van der Waals surface area contributed by atoms with E-state index in [0.29, 0.717) is 27.6 Å². The van der Waals surface area contributed by atoms with Crippen molar-refractivity contribution in [3.63, 3.8) is 0 Å². The first-order valence-corrected chi connectivity index (χ1v) is 11.7. The van der Waals surface area contributed by atoms with Crippen molar-refractivity contribution in [3.8, 4) is 5.75 Å². The highest BCUT2D eigenvalue weighted by Crippen LogP contribution is 2.45. The molecule has 0 spiro atoms. The Morgan fingerprint density at radius 3 is 1.91 bits per heavy atom. The molecule has 4 rings (SSSR count). The predicted octanol–water partition coefficient (Wildman–Crippen LogP) is 5.35. The SMILES string of the molecule is O=[N+]([O-])c1ccc(N/N=C/c2ccccc2OP(=O)(c2ccccc2)c2ccccc2)cc1. The molecule has 164 valence electrons. The topological polar surface area (TPSA) is 93.8 Å². The van der Waals surface area contributed by atoms with E-state index in [2.05, 4.69) is 10.5 Å². The number of anilines is 1. The van der Waals surface area contributed by atoms with Crippen LogP contribution in [0, 0.1) is 10.1 Å². The second kappa shape index (κ2) is 9.94. The van der Waals surface area contributed by atoms with E-state index in [-0.39, 0.29) is 5.69 Å². The second-order valence-corrected chi connectivity index (χ2v) is 9.34. The summed E-state index contributed by atoms with van der Waals surface area (Å²) in [7, 11) is -3.42. The van der Waals surface area contributed by atoms with Crippen molar-refractivity contribution in [2.24, 2.45) is 5.10 Å². The molecule has 8 heteroatoms. The lowest BCUT2D eigenvalue weighted by Gasteiger charge is -2.21. The van der Waals surface area contributed by atoms with Crippen molar-refractivity contribution in [2.75, 3.05) is 5.43 Å². The quantitative estimate of drug-likeness (QED) is 0.167. The van der Waals surface area contributed by atoms with E-state index in [9.17, 15) is 14.7 Å². The summed E-state index contributed by atoms with van der Waals surface area (Å²) < 4.78 is 20.4. The minimum Gasteiger partial charge on any atom is -0.436 e. The zero-order valence-electron chi connectivity index (χ0n) is 17.4. The fourth-order valence-corrected chi connectivity index (χ4v) is 5.23. The van der Waals surface area contributed by atoms with Crippen molar-refractivity contribution in [2.45, 2.75) is 0 Å². The maximum atomic E-state index is 14.2. The fraction of sp³-hybridized carbons (Fsp3) is 0. The van der Waals surface area contributed by atoms with Crippen LogP contribution in [0.4, 0.5) is 11.4 Å². The average Bonchev–Trinajstić information content (AvgIpc) is 2.86. The van der Waals surface area contributed by atoms with Gasteiger partial charge in [0.05, 0.1) is 27.4 Å². The van der Waals surface area contributed by atoms with Gasteiger partial charge in [-0.3, -0.25) is 20.1 Å². The predicted molar refractivity (Wildman–Crippen MR) is 131 cm³/mol. The molecular weight excluding hydrogens is 437 g/mol. The minimum absolute atomic E-state index is 0.000789. The molecule has 0 aliphatic heterocycles. The maximum absolute atomic E-state index is 14.2. The molecule has 0 bridgehead atoms. The maximum Gasteiger partial charge on any atom is 0.306 e. The van der Waals surface area contributed by atoms with Gasteiger partial charge in [-0.1, -0.05) is 48.5 Å². The number of hydrazone groups is 1. The Hall–Kier alpha value is -4.22. The van der Waals surface area contributed by atoms with Gasteiger partial charge < -0.3 is 4.52 Å². The molecule has 0 heterocycles. The third-order valence-electron chi connectivity index (χ3n) is 4.81. The van der Waals surface area contributed by atoms with Crippen LogP contribution in [0.1, 0.15) is 5.56 Å². The third kappa shape index (κ3) is 5.17. The summed E-state index contributed by atoms with van der Waals surface area (Å²) in [5.74, 6) is 0.419. The number of rotatable bonds is 8. The van der Waals surface area contributed by atoms with Gasteiger partial charge in [0.1, 0.15) is 5.75 Å². The molecule has 7 nitrogen and oxygen atoms in total. The van der Waals surface area contributed by atoms with E-state index in [1.54, 1.807) is 60.8 Å². The van der Waals surface area contributed by atoms with Crippen molar-refractivity contribution in [1.82, 2.24) is 0 Å². The molecule has 0 aliphatic carbocycles. The zero-order valence-corrected chi connectivity index (χ0v) is 18.3. The standard InChI is InChI=1S/C25H20N3O4P/c29-28(30)22-17-15-21(16-18-22)27-26-19-20-9-7-8-14-25(20)32-33(31,23-10-3-1-4-11-23)24-12-5-2-6-13-24/h1-19,27H/b26-19+. The van der Waals surface area contributed by atoms with Crippen LogP contribution >= 0.6 is 7.37 Å². The number of nitro benzene ring substituents is 1. The van der Waals surface area contributed by atoms with E-state index in [4.69, 9.17) is 4.52 Å². The molecule has 33 heavy (non-hydrogen) atoms. The largest absolute Gasteiger partial charge is 0.436 e. The lowest BCUT2D eigenvalue weighted by atomic mass is 10.2. The van der Waals surface area contributed by atoms with E-state index >= 15 is 0 Å². The van der Waals surface area contributed by atoms with Crippen LogP contribution < -0.4 is 20.6 Å². The number of hydrogen-bond donors (Lipinski definition) is 1. The molecule has 4 aromatic carbocycles. The number of hydrogen-bond acceptors (Lipinski definition) is 6. The fourth-order valence-electron chi connectivity index (χ4n) is 3.15. The second-order valence-electron chi connectivity index (χ2n) is 7.03. The molecule has 0 saturated heterocycles. The lowest BCUT2D eigenvalue weighted by molar-refractivity contribution is -0.384. The first-order chi connectivity index (χ1) is 16.1. The molecule has 0 fully saturated rings. The normalized spacial score (nSPS) is 11.3. The Labute approximate surface area is 191 Å². The first kappa shape index (κ1) is 22.0. The molecule has 0 radical (unpaired) electrons. The van der Waals surface area contributed by atoms with Crippen LogP contribution in [-0.4, -0.2) is 11.1 Å². The Kier molecular flexibility index (Phi) is 6.62. The number of nitro groups is 1. The van der Waals surface area contributed by atoms with Crippen molar-refractivity contribution in [1.29, 1.82) is 0 Å². The van der Waals surface area contributed by atoms with Gasteiger partial charge in [0.15, 0.2) is 0 Å². The van der Waals surface area contributed by atoms with Crippen LogP contribution in [0.5, 0.6) is 5.75 Å². The Bertz CT molecular complexity index is 1270. The van der Waals surface area contributed by atoms with Gasteiger partial charge in [0.25, 0.3) is 5.69 Å². The van der Waals surface area contributed by atoms with Gasteiger partial charge in [-0.15, -0.1) is 0 Å². The Morgan fingerprint density at radius 2 is 1.33 bits per heavy atom. The number of nitrogens with one attached hydrogen (secondary N) is 1. The lowest BCUT2D eigenvalue weighted by Crippen LogP contribution is -2.20. The summed E-state index contributed by atoms with van der Waals surface area (Å²) >= 11 is 0. The first-order valence-electron chi connectivity index (χ1n) is 10.1. The summed E-state index contributed by atoms with van der Waals surface area (Å²) in [5, 5.41) is 16.2. The van der Waals surface area contributed by atoms with Crippen LogP contribution in [0.15, 0.2) is 114 Å². The van der Waals surface area contributed by atoms with Gasteiger partial charge in [0, 0.05) is 17.7 Å². The molecule has 0 aliphatic rings. The summed E-state index contributed by atoms with van der Waals surface area (Å²) in [6.45, 7) is 0. The van der Waals surface area contributed by atoms with Crippen LogP contribution in [0.3, 0.4) is 0 Å². The minimum atomic E-state index is -3.42. The number of benzene rings is 4. The monoisotopic (exact) mass is 457 g/mol. The highest BCUT2D eigenvalue weighted by atomic mass is 31.2. The van der Waals surface area contributed by atoms with Gasteiger partial charge in [0.2, 0.25) is 0 Å². The van der Waals surface area contributed by atoms with E-state index in [1.807, 2.05) is 42.5 Å². The summed E-state index contributed by atoms with van der Waals surface area (Å²) in [5.41, 5.74) is 4.05. The van der Waals surface area contributed by atoms with E-state index in [0.717, 1.165) is 0 Å². The molecule has 0 amide bonds. The van der Waals surface area contributed by atoms with Gasteiger partial charge in [-0.05, 0) is 48.5 Å². The summed E-state index contributed by atoms with van der Waals surface area (Å²) in [6, 6.07) is 31.3. The zero-order chi connectivity index (χ0) is 23.1. The number of non-ortho nitro benzene ring substituents is 1. The third-order valence-corrected chi connectivity index (χ3v) is 7.22. The molecule has 1 N–H and O–H groups in total. The van der Waals surface area contributed by atoms with Crippen molar-refractivity contribution >= 4 is 35.6 Å². The Morgan fingerprint density at radius 1 is 0.788 bits per heavy atom. The molecule has 0 atom stereocenters. The van der Waals surface area contributed by atoms with Gasteiger partial charge in [-0.2, -0.15) is 5.10 Å². The summed E-state index contributed by atoms with van der Waals surface area (Å²) in [4.78, 5) is 10.3. The van der Waals surface area contributed by atoms with E-state index < -0.39 is 12.3 Å². The number of nitrogens with zero attached hydrogens (tertiary/aromatic N) is 2. The van der Waals surface area contributed by atoms with Crippen LogP contribution in [-0.2, 0) is 4.57 Å². The Balaban J connectivity index is 1.61. The van der Waals surface area contributed by atoms with E-state index in [1.165, 1.54) is 12.1 Å². The van der Waals surface area contributed by atoms with Crippen molar-refractivity contribution in [3.05, 3.63) is 125 Å². The molecular formula is C25H20N3O4P. The van der Waals surface area contributed by atoms with Gasteiger partial charge in [-0.25, -0.2) is 0 Å². The van der Waals surface area contributed by atoms with Crippen molar-refractivity contribution < 1.29 is 14.0 Å². The highest BCUT2D eigenvalue weighted by molar-refractivity contribution is 7.74. The van der Waals surface area contributed by atoms with Gasteiger partial charge >= 0.3 is 7.37 Å². The molecule has 0 aromatic heterocycles. The highest BCUT2D eigenvalue weighted by Gasteiger charge is 2.30. The number of para-hydroxylation sites is 1. The average molecular weight is 457 g/mol.